The molecule has 0 atom stereocenters. The average Bonchev–Trinajstić information content (AvgIpc) is 2.15. The van der Waals surface area contributed by atoms with Crippen LogP contribution in [0.3, 0.4) is 0 Å². The fourth-order valence-electron chi connectivity index (χ4n) is 2.06. The normalized spacial score (nSPS) is 11.1. The molecule has 0 aliphatic heterocycles. The second kappa shape index (κ2) is 9.61. The quantitative estimate of drug-likeness (QED) is 0.337. The van der Waals surface area contributed by atoms with Crippen molar-refractivity contribution < 1.29 is 19.8 Å². The van der Waals surface area contributed by atoms with Crippen molar-refractivity contribution in [2.24, 2.45) is 11.3 Å². The second-order valence-corrected chi connectivity index (χ2v) is 5.22. The van der Waals surface area contributed by atoms with Gasteiger partial charge in [-0.15, -0.1) is 0 Å². The minimum atomic E-state index is -1.55. The van der Waals surface area contributed by atoms with Gasteiger partial charge in [0, 0.05) is 5.92 Å². The molecule has 0 fully saturated rings. The molecule has 0 saturated heterocycles. The maximum absolute atomic E-state index is 10.8. The van der Waals surface area contributed by atoms with E-state index in [1.54, 1.807) is 13.8 Å². The van der Waals surface area contributed by atoms with E-state index in [0.29, 0.717) is 6.42 Å². The van der Waals surface area contributed by atoms with Crippen LogP contribution in [0.5, 0.6) is 0 Å². The first-order valence-electron chi connectivity index (χ1n) is 6.24. The van der Waals surface area contributed by atoms with Crippen LogP contribution in [0, 0.1) is 11.3 Å². The van der Waals surface area contributed by atoms with E-state index >= 15 is 0 Å². The number of hydrogen-bond acceptors (Lipinski definition) is 4. The molecule has 0 spiro atoms. The summed E-state index contributed by atoms with van der Waals surface area (Å²) in [6.45, 7) is 5.40. The molecule has 0 saturated carbocycles. The van der Waals surface area contributed by atoms with E-state index in [1.165, 1.54) is 0 Å². The van der Waals surface area contributed by atoms with Crippen LogP contribution in [0.4, 0.5) is 0 Å². The van der Waals surface area contributed by atoms with Crippen molar-refractivity contribution >= 4 is 35.0 Å². The third-order valence-electron chi connectivity index (χ3n) is 3.18. The Morgan fingerprint density at radius 1 is 1.00 bits per heavy atom. The van der Waals surface area contributed by atoms with E-state index in [1.807, 2.05) is 0 Å². The zero-order valence-electron chi connectivity index (χ0n) is 11.7. The Kier molecular flexibility index (Phi) is 10.7. The fraction of sp³-hybridized carbons (Fsp3) is 0.846. The molecule has 0 aliphatic carbocycles. The molecule has 18 heavy (non-hydrogen) atoms. The maximum atomic E-state index is 10.8. The average molecular weight is 267 g/mol. The number of carbonyl (C=O) groups excluding carboxylic acids is 2. The van der Waals surface area contributed by atoms with E-state index in [0.717, 1.165) is 32.1 Å². The van der Waals surface area contributed by atoms with Crippen LogP contribution >= 0.6 is 0 Å². The molecule has 0 heterocycles. The maximum Gasteiger partial charge on any atom is 2.00 e. The van der Waals surface area contributed by atoms with Gasteiger partial charge in [-0.3, -0.25) is 0 Å². The summed E-state index contributed by atoms with van der Waals surface area (Å²) in [5, 5.41) is 21.6. The molecule has 0 N–H and O–H groups in total. The Morgan fingerprint density at radius 3 is 1.83 bits per heavy atom. The van der Waals surface area contributed by atoms with Crippen LogP contribution in [-0.2, 0) is 9.59 Å². The molecule has 0 radical (unpaired) electrons. The number of hydrogen-bond donors (Lipinski definition) is 0. The van der Waals surface area contributed by atoms with Gasteiger partial charge in [-0.1, -0.05) is 52.9 Å². The van der Waals surface area contributed by atoms with E-state index < -0.39 is 23.3 Å². The van der Waals surface area contributed by atoms with Crippen LogP contribution in [0.15, 0.2) is 0 Å². The number of carboxylic acids is 2. The van der Waals surface area contributed by atoms with Gasteiger partial charge in [0.1, 0.15) is 0 Å². The molecule has 0 amide bonds. The minimum absolute atomic E-state index is 0. The van der Waals surface area contributed by atoms with E-state index in [4.69, 9.17) is 0 Å². The van der Waals surface area contributed by atoms with Gasteiger partial charge in [-0.2, -0.15) is 0 Å². The Bertz CT molecular complexity index is 250. The summed E-state index contributed by atoms with van der Waals surface area (Å²) in [5.74, 6) is -4.64. The van der Waals surface area contributed by atoms with Gasteiger partial charge in [0.25, 0.3) is 0 Å². The molecule has 0 bridgehead atoms. The van der Waals surface area contributed by atoms with Crippen molar-refractivity contribution in [3.63, 3.8) is 0 Å². The van der Waals surface area contributed by atoms with E-state index in [-0.39, 0.29) is 23.1 Å². The van der Waals surface area contributed by atoms with Gasteiger partial charge in [0.05, 0.1) is 11.9 Å². The van der Waals surface area contributed by atoms with Crippen LogP contribution in [0.1, 0.15) is 59.3 Å². The predicted molar refractivity (Wildman–Crippen MR) is 66.4 cm³/mol. The first kappa shape index (κ1) is 20.0. The first-order valence-corrected chi connectivity index (χ1v) is 6.24. The number of carboxylic acid groups (broad SMARTS) is 2. The van der Waals surface area contributed by atoms with E-state index in [2.05, 4.69) is 6.92 Å². The molecule has 0 aromatic heterocycles. The van der Waals surface area contributed by atoms with Crippen molar-refractivity contribution in [1.29, 1.82) is 0 Å². The van der Waals surface area contributed by atoms with Crippen molar-refractivity contribution in [3.05, 3.63) is 0 Å². The smallest absolute Gasteiger partial charge is 0.549 e. The predicted octanol–water partition coefficient (Wildman–Crippen LogP) is 0.108. The summed E-state index contributed by atoms with van der Waals surface area (Å²) in [5.41, 5.74) is -0.816. The van der Waals surface area contributed by atoms with Crippen molar-refractivity contribution in [2.45, 2.75) is 59.3 Å². The zero-order valence-corrected chi connectivity index (χ0v) is 13.1. The van der Waals surface area contributed by atoms with Crippen LogP contribution in [0.2, 0.25) is 0 Å². The largest absolute Gasteiger partial charge is 2.00 e. The standard InChI is InChI=1S/C13H24O4.Mg/c1-4-5-6-7-8-9-13(2,3)10(11(14)15)12(16)17;/h10H,4-9H2,1-3H3,(H,14,15)(H,16,17);/q;+2/p-2. The topological polar surface area (TPSA) is 80.3 Å². The third kappa shape index (κ3) is 7.21. The second-order valence-electron chi connectivity index (χ2n) is 5.22. The van der Waals surface area contributed by atoms with Crippen molar-refractivity contribution in [1.82, 2.24) is 0 Å². The minimum Gasteiger partial charge on any atom is -0.549 e. The monoisotopic (exact) mass is 266 g/mol. The van der Waals surface area contributed by atoms with Gasteiger partial charge in [0.15, 0.2) is 0 Å². The van der Waals surface area contributed by atoms with Crippen LogP contribution in [0.25, 0.3) is 0 Å². The van der Waals surface area contributed by atoms with Crippen molar-refractivity contribution in [2.75, 3.05) is 0 Å². The van der Waals surface area contributed by atoms with Gasteiger partial charge in [0.2, 0.25) is 0 Å². The fourth-order valence-corrected chi connectivity index (χ4v) is 2.06. The first-order chi connectivity index (χ1) is 7.83. The summed E-state index contributed by atoms with van der Waals surface area (Å²) < 4.78 is 0. The molecule has 5 heteroatoms. The number of aliphatic carboxylic acids is 2. The molecule has 4 nitrogen and oxygen atoms in total. The van der Waals surface area contributed by atoms with Gasteiger partial charge in [-0.25, -0.2) is 0 Å². The van der Waals surface area contributed by atoms with E-state index in [9.17, 15) is 19.8 Å². The molecular formula is C13H22MgO4. The van der Waals surface area contributed by atoms with Gasteiger partial charge in [-0.05, 0) is 11.8 Å². The van der Waals surface area contributed by atoms with Crippen molar-refractivity contribution in [3.8, 4) is 0 Å². The summed E-state index contributed by atoms with van der Waals surface area (Å²) in [4.78, 5) is 21.6. The van der Waals surface area contributed by atoms with Crippen LogP contribution < -0.4 is 10.2 Å². The number of rotatable bonds is 9. The summed E-state index contributed by atoms with van der Waals surface area (Å²) >= 11 is 0. The molecule has 0 unspecified atom stereocenters. The molecule has 0 aromatic rings. The summed E-state index contributed by atoms with van der Waals surface area (Å²) in [6, 6.07) is 0. The molecular weight excluding hydrogens is 244 g/mol. The Balaban J connectivity index is 0. The molecule has 0 aromatic carbocycles. The van der Waals surface area contributed by atoms with Gasteiger partial charge >= 0.3 is 23.1 Å². The summed E-state index contributed by atoms with van der Waals surface area (Å²) in [7, 11) is 0. The summed E-state index contributed by atoms with van der Waals surface area (Å²) in [6.07, 6.45) is 5.81. The number of carbonyl (C=O) groups is 2. The van der Waals surface area contributed by atoms with Crippen LogP contribution in [-0.4, -0.2) is 35.0 Å². The SMILES string of the molecule is CCCCCCCC(C)(C)C(C(=O)[O-])C(=O)[O-].[Mg+2]. The zero-order chi connectivity index (χ0) is 13.5. The molecule has 100 valence electrons. The number of unbranched alkanes of at least 4 members (excludes halogenated alkanes) is 4. The Labute approximate surface area is 125 Å². The molecule has 0 aliphatic rings. The Hall–Kier alpha value is -0.294. The third-order valence-corrected chi connectivity index (χ3v) is 3.18. The Morgan fingerprint density at radius 2 is 1.44 bits per heavy atom. The van der Waals surface area contributed by atoms with Gasteiger partial charge < -0.3 is 19.8 Å². The molecule has 0 rings (SSSR count).